The van der Waals surface area contributed by atoms with Crippen LogP contribution < -0.4 is 5.32 Å². The molecule has 2 heterocycles. The van der Waals surface area contributed by atoms with Crippen LogP contribution in [0.25, 0.3) is 0 Å². The molecule has 1 N–H and O–H groups in total. The molecule has 0 unspecified atom stereocenters. The van der Waals surface area contributed by atoms with E-state index in [0.29, 0.717) is 18.7 Å². The largest absolute Gasteiger partial charge is 0.338 e. The van der Waals surface area contributed by atoms with E-state index in [1.54, 1.807) is 23.2 Å². The van der Waals surface area contributed by atoms with E-state index in [1.165, 1.54) is 0 Å². The van der Waals surface area contributed by atoms with Gasteiger partial charge >= 0.3 is 0 Å². The summed E-state index contributed by atoms with van der Waals surface area (Å²) in [6, 6.07) is 12.7. The summed E-state index contributed by atoms with van der Waals surface area (Å²) in [6.45, 7) is 1.02. The van der Waals surface area contributed by atoms with Crippen LogP contribution in [0, 0.1) is 5.92 Å². The van der Waals surface area contributed by atoms with Gasteiger partial charge in [0, 0.05) is 25.0 Å². The molecule has 3 rings (SSSR count). The first-order valence-electron chi connectivity index (χ1n) is 7.91. The van der Waals surface area contributed by atoms with Crippen LogP contribution in [-0.4, -0.2) is 34.8 Å². The van der Waals surface area contributed by atoms with Crippen LogP contribution in [-0.2, 0) is 4.79 Å². The lowest BCUT2D eigenvalue weighted by Gasteiger charge is -2.32. The molecule has 1 saturated heterocycles. The molecule has 2 amide bonds. The Morgan fingerprint density at radius 2 is 1.96 bits per heavy atom. The van der Waals surface area contributed by atoms with Crippen LogP contribution >= 0.6 is 11.6 Å². The van der Waals surface area contributed by atoms with Crippen molar-refractivity contribution >= 4 is 29.1 Å². The second-order valence-corrected chi connectivity index (χ2v) is 6.15. The molecule has 1 atom stereocenters. The lowest BCUT2D eigenvalue weighted by atomic mass is 9.96. The topological polar surface area (TPSA) is 62.3 Å². The molecule has 1 fully saturated rings. The van der Waals surface area contributed by atoms with Gasteiger partial charge in [-0.2, -0.15) is 0 Å². The summed E-state index contributed by atoms with van der Waals surface area (Å²) in [5.41, 5.74) is 1.14. The second-order valence-electron chi connectivity index (χ2n) is 5.79. The Labute approximate surface area is 145 Å². The number of carbonyl (C=O) groups is 2. The fourth-order valence-electron chi connectivity index (χ4n) is 2.86. The number of hydrogen-bond acceptors (Lipinski definition) is 3. The van der Waals surface area contributed by atoms with Crippen LogP contribution in [0.4, 0.5) is 5.69 Å². The summed E-state index contributed by atoms with van der Waals surface area (Å²) in [6.07, 6.45) is 3.10. The summed E-state index contributed by atoms with van der Waals surface area (Å²) < 4.78 is 0. The zero-order valence-electron chi connectivity index (χ0n) is 13.1. The van der Waals surface area contributed by atoms with Gasteiger partial charge < -0.3 is 10.2 Å². The van der Waals surface area contributed by atoms with Crippen molar-refractivity contribution in [2.45, 2.75) is 12.8 Å². The Balaban J connectivity index is 1.67. The minimum atomic E-state index is -0.224. The van der Waals surface area contributed by atoms with E-state index in [1.807, 2.05) is 30.3 Å². The Bertz CT molecular complexity index is 736. The van der Waals surface area contributed by atoms with E-state index < -0.39 is 0 Å². The highest BCUT2D eigenvalue weighted by Gasteiger charge is 2.29. The van der Waals surface area contributed by atoms with Gasteiger partial charge in [0.25, 0.3) is 5.91 Å². The third kappa shape index (κ3) is 3.74. The van der Waals surface area contributed by atoms with E-state index in [-0.39, 0.29) is 22.9 Å². The summed E-state index contributed by atoms with van der Waals surface area (Å²) >= 11 is 6.01. The number of rotatable bonds is 3. The summed E-state index contributed by atoms with van der Waals surface area (Å²) in [5.74, 6) is -0.459. The molecule has 5 nitrogen and oxygen atoms in total. The van der Waals surface area contributed by atoms with Crippen LogP contribution in [0.1, 0.15) is 23.2 Å². The molecule has 0 bridgehead atoms. The molecule has 0 saturated carbocycles. The number of pyridine rings is 1. The lowest BCUT2D eigenvalue weighted by molar-refractivity contribution is -0.121. The maximum absolute atomic E-state index is 12.6. The molecule has 1 aliphatic rings. The predicted octanol–water partition coefficient (Wildman–Crippen LogP) is 3.23. The first kappa shape index (κ1) is 16.5. The minimum Gasteiger partial charge on any atom is -0.338 e. The lowest BCUT2D eigenvalue weighted by Crippen LogP contribution is -2.43. The Kier molecular flexibility index (Phi) is 5.11. The molecule has 0 radical (unpaired) electrons. The minimum absolute atomic E-state index is 0.0593. The number of amides is 2. The van der Waals surface area contributed by atoms with Gasteiger partial charge in [-0.05, 0) is 37.1 Å². The zero-order chi connectivity index (χ0) is 16.9. The molecular weight excluding hydrogens is 326 g/mol. The van der Waals surface area contributed by atoms with E-state index in [4.69, 9.17) is 11.6 Å². The van der Waals surface area contributed by atoms with Crippen LogP contribution in [0.2, 0.25) is 5.15 Å². The highest BCUT2D eigenvalue weighted by atomic mass is 35.5. The average Bonchev–Trinajstić information content (AvgIpc) is 2.62. The van der Waals surface area contributed by atoms with Gasteiger partial charge in [-0.15, -0.1) is 0 Å². The van der Waals surface area contributed by atoms with Gasteiger partial charge in [0.05, 0.1) is 11.5 Å². The van der Waals surface area contributed by atoms with Crippen molar-refractivity contribution in [1.29, 1.82) is 0 Å². The van der Waals surface area contributed by atoms with Gasteiger partial charge in [-0.1, -0.05) is 29.8 Å². The van der Waals surface area contributed by atoms with Gasteiger partial charge in [0.15, 0.2) is 0 Å². The number of piperidine rings is 1. The molecule has 24 heavy (non-hydrogen) atoms. The SMILES string of the molecule is O=C(Nc1ccccc1)[C@H]1CCCN(C(=O)c2cccnc2Cl)C1. The number of carbonyl (C=O) groups excluding carboxylic acids is 2. The number of aromatic nitrogens is 1. The number of para-hydroxylation sites is 1. The summed E-state index contributed by atoms with van der Waals surface area (Å²) in [4.78, 5) is 30.7. The normalized spacial score (nSPS) is 17.4. The van der Waals surface area contributed by atoms with Crippen molar-refractivity contribution in [2.24, 2.45) is 5.92 Å². The first-order valence-corrected chi connectivity index (χ1v) is 8.28. The van der Waals surface area contributed by atoms with Gasteiger partial charge in [-0.3, -0.25) is 9.59 Å². The monoisotopic (exact) mass is 343 g/mol. The zero-order valence-corrected chi connectivity index (χ0v) is 13.9. The smallest absolute Gasteiger partial charge is 0.257 e. The maximum atomic E-state index is 12.6. The first-order chi connectivity index (χ1) is 11.6. The van der Waals surface area contributed by atoms with E-state index in [9.17, 15) is 9.59 Å². The van der Waals surface area contributed by atoms with Gasteiger partial charge in [0.1, 0.15) is 5.15 Å². The number of hydrogen-bond donors (Lipinski definition) is 1. The molecule has 124 valence electrons. The molecule has 2 aromatic rings. The fraction of sp³-hybridized carbons (Fsp3) is 0.278. The number of halogens is 1. The number of likely N-dealkylation sites (tertiary alicyclic amines) is 1. The maximum Gasteiger partial charge on any atom is 0.257 e. The highest BCUT2D eigenvalue weighted by Crippen LogP contribution is 2.22. The number of nitrogens with one attached hydrogen (secondary N) is 1. The number of benzene rings is 1. The van der Waals surface area contributed by atoms with E-state index in [0.717, 1.165) is 18.5 Å². The Morgan fingerprint density at radius 3 is 2.71 bits per heavy atom. The quantitative estimate of drug-likeness (QED) is 0.870. The standard InChI is InChI=1S/C18H18ClN3O2/c19-16-15(9-4-10-20-16)18(24)22-11-5-6-13(12-22)17(23)21-14-7-2-1-3-8-14/h1-4,7-10,13H,5-6,11-12H2,(H,21,23)/t13-/m0/s1. The molecule has 1 aromatic heterocycles. The van der Waals surface area contributed by atoms with Crippen molar-refractivity contribution in [1.82, 2.24) is 9.88 Å². The van der Waals surface area contributed by atoms with Crippen LogP contribution in [0.3, 0.4) is 0 Å². The van der Waals surface area contributed by atoms with Crippen molar-refractivity contribution in [2.75, 3.05) is 18.4 Å². The molecule has 6 heteroatoms. The van der Waals surface area contributed by atoms with Crippen molar-refractivity contribution < 1.29 is 9.59 Å². The summed E-state index contributed by atoms with van der Waals surface area (Å²) in [7, 11) is 0. The Morgan fingerprint density at radius 1 is 1.17 bits per heavy atom. The highest BCUT2D eigenvalue weighted by molar-refractivity contribution is 6.32. The van der Waals surface area contributed by atoms with E-state index >= 15 is 0 Å². The molecule has 1 aromatic carbocycles. The van der Waals surface area contributed by atoms with Gasteiger partial charge in [0.2, 0.25) is 5.91 Å². The third-order valence-corrected chi connectivity index (χ3v) is 4.41. The fourth-order valence-corrected chi connectivity index (χ4v) is 3.06. The average molecular weight is 344 g/mol. The molecular formula is C18H18ClN3O2. The Hall–Kier alpha value is -2.40. The van der Waals surface area contributed by atoms with Crippen LogP contribution in [0.5, 0.6) is 0 Å². The van der Waals surface area contributed by atoms with Gasteiger partial charge in [-0.25, -0.2) is 4.98 Å². The third-order valence-electron chi connectivity index (χ3n) is 4.11. The number of anilines is 1. The van der Waals surface area contributed by atoms with Crippen molar-refractivity contribution in [3.05, 3.63) is 59.4 Å². The van der Waals surface area contributed by atoms with Crippen LogP contribution in [0.15, 0.2) is 48.7 Å². The van der Waals surface area contributed by atoms with Crippen molar-refractivity contribution in [3.8, 4) is 0 Å². The second kappa shape index (κ2) is 7.45. The summed E-state index contributed by atoms with van der Waals surface area (Å²) in [5, 5.41) is 3.10. The number of nitrogens with zero attached hydrogens (tertiary/aromatic N) is 2. The molecule has 0 aliphatic carbocycles. The van der Waals surface area contributed by atoms with E-state index in [2.05, 4.69) is 10.3 Å². The molecule has 0 spiro atoms. The predicted molar refractivity (Wildman–Crippen MR) is 92.9 cm³/mol. The molecule has 1 aliphatic heterocycles. The van der Waals surface area contributed by atoms with Crippen molar-refractivity contribution in [3.63, 3.8) is 0 Å².